The first-order valence-corrected chi connectivity index (χ1v) is 6.50. The SMILES string of the molecule is C#CC(CCC)NC(=O)c1cccc([N+](=O)[O-])c1Br. The van der Waals surface area contributed by atoms with E-state index in [1.807, 2.05) is 6.92 Å². The summed E-state index contributed by atoms with van der Waals surface area (Å²) in [5, 5.41) is 13.5. The van der Waals surface area contributed by atoms with Crippen molar-refractivity contribution in [2.75, 3.05) is 0 Å². The van der Waals surface area contributed by atoms with Gasteiger partial charge in [-0.15, -0.1) is 6.42 Å². The maximum absolute atomic E-state index is 12.0. The number of rotatable bonds is 5. The molecule has 0 saturated heterocycles. The molecule has 5 nitrogen and oxygen atoms in total. The minimum absolute atomic E-state index is 0.152. The minimum Gasteiger partial charge on any atom is -0.338 e. The molecule has 0 aliphatic heterocycles. The Morgan fingerprint density at radius 2 is 2.32 bits per heavy atom. The zero-order valence-electron chi connectivity index (χ0n) is 10.4. The lowest BCUT2D eigenvalue weighted by atomic mass is 10.1. The molecule has 1 amide bonds. The summed E-state index contributed by atoms with van der Waals surface area (Å²) in [6.45, 7) is 1.96. The molecule has 1 N–H and O–H groups in total. The van der Waals surface area contributed by atoms with Gasteiger partial charge in [0.05, 0.1) is 16.5 Å². The van der Waals surface area contributed by atoms with Crippen LogP contribution >= 0.6 is 15.9 Å². The van der Waals surface area contributed by atoms with Gasteiger partial charge in [-0.3, -0.25) is 14.9 Å². The van der Waals surface area contributed by atoms with Crippen LogP contribution in [0.15, 0.2) is 22.7 Å². The van der Waals surface area contributed by atoms with E-state index in [0.29, 0.717) is 6.42 Å². The molecule has 100 valence electrons. The monoisotopic (exact) mass is 324 g/mol. The highest BCUT2D eigenvalue weighted by Gasteiger charge is 2.20. The number of terminal acetylenes is 1. The summed E-state index contributed by atoms with van der Waals surface area (Å²) in [4.78, 5) is 22.3. The number of nitrogens with one attached hydrogen (secondary N) is 1. The predicted molar refractivity (Wildman–Crippen MR) is 75.8 cm³/mol. The molecule has 1 aromatic carbocycles. The van der Waals surface area contributed by atoms with Crippen LogP contribution in [-0.2, 0) is 0 Å². The number of carbonyl (C=O) groups excluding carboxylic acids is 1. The smallest absolute Gasteiger partial charge is 0.284 e. The first-order valence-electron chi connectivity index (χ1n) is 5.71. The summed E-state index contributed by atoms with van der Waals surface area (Å²) in [5.41, 5.74) is 0.0472. The Kier molecular flexibility index (Phi) is 5.52. The molecular formula is C13H13BrN2O3. The van der Waals surface area contributed by atoms with Crippen molar-refractivity contribution in [1.29, 1.82) is 0 Å². The van der Waals surface area contributed by atoms with E-state index in [0.717, 1.165) is 6.42 Å². The van der Waals surface area contributed by atoms with E-state index in [-0.39, 0.29) is 21.8 Å². The van der Waals surface area contributed by atoms with Crippen LogP contribution in [0.1, 0.15) is 30.1 Å². The van der Waals surface area contributed by atoms with Gasteiger partial charge in [0.1, 0.15) is 4.47 Å². The molecule has 0 aliphatic carbocycles. The highest BCUT2D eigenvalue weighted by molar-refractivity contribution is 9.10. The summed E-state index contributed by atoms with van der Waals surface area (Å²) in [7, 11) is 0. The van der Waals surface area contributed by atoms with Gasteiger partial charge in [-0.05, 0) is 28.4 Å². The van der Waals surface area contributed by atoms with E-state index in [9.17, 15) is 14.9 Å². The fraction of sp³-hybridized carbons (Fsp3) is 0.308. The molecule has 0 saturated carbocycles. The van der Waals surface area contributed by atoms with Crippen molar-refractivity contribution >= 4 is 27.5 Å². The molecule has 0 fully saturated rings. The van der Waals surface area contributed by atoms with Crippen LogP contribution < -0.4 is 5.32 Å². The maximum atomic E-state index is 12.0. The van der Waals surface area contributed by atoms with Gasteiger partial charge in [-0.2, -0.15) is 0 Å². The minimum atomic E-state index is -0.550. The summed E-state index contributed by atoms with van der Waals surface area (Å²) in [5.74, 6) is 2.06. The van der Waals surface area contributed by atoms with E-state index in [1.165, 1.54) is 18.2 Å². The Hall–Kier alpha value is -1.87. The molecule has 6 heteroatoms. The fourth-order valence-electron chi connectivity index (χ4n) is 1.56. The van der Waals surface area contributed by atoms with Crippen LogP contribution in [0.2, 0.25) is 0 Å². The molecule has 1 atom stereocenters. The third kappa shape index (κ3) is 3.80. The van der Waals surface area contributed by atoms with Gasteiger partial charge in [0, 0.05) is 6.07 Å². The molecule has 0 aromatic heterocycles. The number of amides is 1. The lowest BCUT2D eigenvalue weighted by Gasteiger charge is -2.12. The number of hydrogen-bond acceptors (Lipinski definition) is 3. The topological polar surface area (TPSA) is 72.2 Å². The van der Waals surface area contributed by atoms with Crippen molar-refractivity contribution in [1.82, 2.24) is 5.32 Å². The average Bonchev–Trinajstić information content (AvgIpc) is 2.37. The molecule has 0 spiro atoms. The van der Waals surface area contributed by atoms with Gasteiger partial charge in [-0.25, -0.2) is 0 Å². The molecular weight excluding hydrogens is 312 g/mol. The van der Waals surface area contributed by atoms with Crippen molar-refractivity contribution in [2.24, 2.45) is 0 Å². The molecule has 1 unspecified atom stereocenters. The van der Waals surface area contributed by atoms with Crippen LogP contribution in [0.25, 0.3) is 0 Å². The number of benzene rings is 1. The molecule has 19 heavy (non-hydrogen) atoms. The first kappa shape index (κ1) is 15.2. The standard InChI is InChI=1S/C13H13BrN2O3/c1-3-6-9(4-2)15-13(17)10-7-5-8-11(12(10)14)16(18)19/h2,5,7-9H,3,6H2,1H3,(H,15,17). The summed E-state index contributed by atoms with van der Waals surface area (Å²) < 4.78 is 0.157. The lowest BCUT2D eigenvalue weighted by Crippen LogP contribution is -2.33. The van der Waals surface area contributed by atoms with Crippen molar-refractivity contribution in [3.8, 4) is 12.3 Å². The van der Waals surface area contributed by atoms with E-state index in [4.69, 9.17) is 6.42 Å². The lowest BCUT2D eigenvalue weighted by molar-refractivity contribution is -0.385. The number of hydrogen-bond donors (Lipinski definition) is 1. The normalized spacial score (nSPS) is 11.4. The molecule has 0 radical (unpaired) electrons. The molecule has 0 heterocycles. The van der Waals surface area contributed by atoms with Crippen molar-refractivity contribution in [2.45, 2.75) is 25.8 Å². The van der Waals surface area contributed by atoms with E-state index in [1.54, 1.807) is 0 Å². The predicted octanol–water partition coefficient (Wildman–Crippen LogP) is 2.89. The van der Waals surface area contributed by atoms with E-state index in [2.05, 4.69) is 27.2 Å². The van der Waals surface area contributed by atoms with E-state index < -0.39 is 10.8 Å². The number of halogens is 1. The molecule has 0 aliphatic rings. The first-order chi connectivity index (χ1) is 9.01. The summed E-state index contributed by atoms with van der Waals surface area (Å²) in [6.07, 6.45) is 6.82. The van der Waals surface area contributed by atoms with Gasteiger partial charge in [0.2, 0.25) is 0 Å². The van der Waals surface area contributed by atoms with E-state index >= 15 is 0 Å². The largest absolute Gasteiger partial charge is 0.338 e. The van der Waals surface area contributed by atoms with Crippen LogP contribution in [0.5, 0.6) is 0 Å². The Morgan fingerprint density at radius 1 is 1.63 bits per heavy atom. The van der Waals surface area contributed by atoms with Crippen molar-refractivity contribution in [3.05, 3.63) is 38.3 Å². The van der Waals surface area contributed by atoms with Gasteiger partial charge >= 0.3 is 0 Å². The second kappa shape index (κ2) is 6.90. The van der Waals surface area contributed by atoms with Gasteiger partial charge in [-0.1, -0.05) is 25.3 Å². The Labute approximate surface area is 119 Å². The zero-order chi connectivity index (χ0) is 14.4. The maximum Gasteiger partial charge on any atom is 0.284 e. The van der Waals surface area contributed by atoms with Gasteiger partial charge in [0.25, 0.3) is 11.6 Å². The Bertz CT molecular complexity index is 537. The zero-order valence-corrected chi connectivity index (χ0v) is 11.9. The highest BCUT2D eigenvalue weighted by atomic mass is 79.9. The number of carbonyl (C=O) groups is 1. The Balaban J connectivity index is 2.98. The molecule has 1 aromatic rings. The third-order valence-corrected chi connectivity index (χ3v) is 3.34. The summed E-state index contributed by atoms with van der Waals surface area (Å²) in [6, 6.07) is 3.92. The van der Waals surface area contributed by atoms with Crippen molar-refractivity contribution < 1.29 is 9.72 Å². The number of nitro groups is 1. The summed E-state index contributed by atoms with van der Waals surface area (Å²) >= 11 is 3.08. The second-order valence-corrected chi connectivity index (χ2v) is 4.67. The van der Waals surface area contributed by atoms with Crippen LogP contribution in [0, 0.1) is 22.5 Å². The van der Waals surface area contributed by atoms with Crippen LogP contribution in [0.3, 0.4) is 0 Å². The van der Waals surface area contributed by atoms with Crippen LogP contribution in [0.4, 0.5) is 5.69 Å². The second-order valence-electron chi connectivity index (χ2n) is 3.88. The average molecular weight is 325 g/mol. The highest BCUT2D eigenvalue weighted by Crippen LogP contribution is 2.28. The fourth-order valence-corrected chi connectivity index (χ4v) is 2.15. The molecule has 0 bridgehead atoms. The third-order valence-electron chi connectivity index (χ3n) is 2.50. The number of nitro benzene ring substituents is 1. The number of nitrogens with zero attached hydrogens (tertiary/aromatic N) is 1. The Morgan fingerprint density at radius 3 is 2.84 bits per heavy atom. The quantitative estimate of drug-likeness (QED) is 0.514. The van der Waals surface area contributed by atoms with Gasteiger partial charge < -0.3 is 5.32 Å². The van der Waals surface area contributed by atoms with Gasteiger partial charge in [0.15, 0.2) is 0 Å². The van der Waals surface area contributed by atoms with Crippen molar-refractivity contribution in [3.63, 3.8) is 0 Å². The van der Waals surface area contributed by atoms with Crippen LogP contribution in [-0.4, -0.2) is 16.9 Å². The molecule has 1 rings (SSSR count).